The van der Waals surface area contributed by atoms with Crippen LogP contribution in [0, 0.1) is 0 Å². The van der Waals surface area contributed by atoms with E-state index < -0.39 is 12.1 Å². The summed E-state index contributed by atoms with van der Waals surface area (Å²) in [7, 11) is 1.26. The first kappa shape index (κ1) is 8.73. The Bertz CT molecular complexity index is 244. The van der Waals surface area contributed by atoms with Gasteiger partial charge < -0.3 is 14.3 Å². The zero-order chi connectivity index (χ0) is 8.97. The molecule has 1 atom stereocenters. The number of hydrogen-bond acceptors (Lipinski definition) is 5. The number of aromatic nitrogens is 1. The quantitative estimate of drug-likeness (QED) is 0.661. The van der Waals surface area contributed by atoms with Gasteiger partial charge in [-0.2, -0.15) is 0 Å². The van der Waals surface area contributed by atoms with Crippen molar-refractivity contribution in [3.63, 3.8) is 0 Å². The number of oxazole rings is 1. The van der Waals surface area contributed by atoms with Crippen LogP contribution in [0.25, 0.3) is 0 Å². The number of methoxy groups -OCH3 is 1. The Kier molecular flexibility index (Phi) is 2.82. The van der Waals surface area contributed by atoms with Crippen LogP contribution in [0.2, 0.25) is 0 Å². The van der Waals surface area contributed by atoms with Crippen molar-refractivity contribution in [2.45, 2.75) is 12.5 Å². The normalized spacial score (nSPS) is 12.5. The molecule has 1 aromatic heterocycles. The van der Waals surface area contributed by atoms with E-state index in [9.17, 15) is 9.90 Å². The van der Waals surface area contributed by atoms with Crippen molar-refractivity contribution >= 4 is 5.97 Å². The molecule has 1 aromatic rings. The highest BCUT2D eigenvalue weighted by Crippen LogP contribution is 2.15. The number of aliphatic hydroxyl groups excluding tert-OH is 1. The van der Waals surface area contributed by atoms with Crippen LogP contribution in [0.4, 0.5) is 0 Å². The first-order chi connectivity index (χ1) is 5.74. The summed E-state index contributed by atoms with van der Waals surface area (Å²) in [5, 5.41) is 9.28. The predicted molar refractivity (Wildman–Crippen MR) is 38.1 cm³/mol. The summed E-state index contributed by atoms with van der Waals surface area (Å²) in [6, 6.07) is 0. The van der Waals surface area contributed by atoms with Gasteiger partial charge in [0, 0.05) is 0 Å². The largest absolute Gasteiger partial charge is 0.469 e. The Balaban J connectivity index is 2.49. The summed E-state index contributed by atoms with van der Waals surface area (Å²) >= 11 is 0. The second-order valence-corrected chi connectivity index (χ2v) is 2.20. The smallest absolute Gasteiger partial charge is 0.308 e. The van der Waals surface area contributed by atoms with Gasteiger partial charge in [0.2, 0.25) is 0 Å². The summed E-state index contributed by atoms with van der Waals surface area (Å²) in [5.74, 6) is -0.223. The van der Waals surface area contributed by atoms with Crippen LogP contribution in [-0.4, -0.2) is 23.2 Å². The number of esters is 1. The fourth-order valence-electron chi connectivity index (χ4n) is 0.732. The molecule has 0 bridgehead atoms. The number of aliphatic hydroxyl groups is 1. The molecule has 0 unspecified atom stereocenters. The van der Waals surface area contributed by atoms with Crippen molar-refractivity contribution in [2.75, 3.05) is 7.11 Å². The Labute approximate surface area is 69.0 Å². The minimum atomic E-state index is -0.972. The molecular weight excluding hydrogens is 162 g/mol. The molecule has 0 aliphatic carbocycles. The standard InChI is InChI=1S/C7H9NO4/c1-11-7(10)2-5(9)6-3-8-4-12-6/h3-5,9H,2H2,1H3/t5-/m0/s1. The minimum Gasteiger partial charge on any atom is -0.469 e. The third-order valence-electron chi connectivity index (χ3n) is 1.37. The molecule has 0 aromatic carbocycles. The van der Waals surface area contributed by atoms with Gasteiger partial charge in [0.25, 0.3) is 0 Å². The average molecular weight is 171 g/mol. The Hall–Kier alpha value is -1.36. The van der Waals surface area contributed by atoms with Crippen LogP contribution < -0.4 is 0 Å². The van der Waals surface area contributed by atoms with Gasteiger partial charge >= 0.3 is 5.97 Å². The maximum Gasteiger partial charge on any atom is 0.308 e. The Morgan fingerprint density at radius 1 is 1.92 bits per heavy atom. The van der Waals surface area contributed by atoms with E-state index in [4.69, 9.17) is 4.42 Å². The first-order valence-electron chi connectivity index (χ1n) is 3.37. The second kappa shape index (κ2) is 3.87. The molecule has 66 valence electrons. The van der Waals surface area contributed by atoms with Crippen molar-refractivity contribution in [1.82, 2.24) is 4.98 Å². The summed E-state index contributed by atoms with van der Waals surface area (Å²) < 4.78 is 9.13. The van der Waals surface area contributed by atoms with E-state index in [1.807, 2.05) is 0 Å². The summed E-state index contributed by atoms with van der Waals surface area (Å²) in [6.07, 6.45) is 1.45. The van der Waals surface area contributed by atoms with Crippen molar-refractivity contribution in [1.29, 1.82) is 0 Å². The van der Waals surface area contributed by atoms with Crippen molar-refractivity contribution < 1.29 is 19.1 Å². The molecule has 1 rings (SSSR count). The third-order valence-corrected chi connectivity index (χ3v) is 1.37. The Morgan fingerprint density at radius 2 is 2.67 bits per heavy atom. The lowest BCUT2D eigenvalue weighted by atomic mass is 10.2. The molecule has 0 spiro atoms. The van der Waals surface area contributed by atoms with Gasteiger partial charge in [0.05, 0.1) is 19.7 Å². The van der Waals surface area contributed by atoms with Gasteiger partial charge in [0.15, 0.2) is 12.2 Å². The van der Waals surface area contributed by atoms with E-state index >= 15 is 0 Å². The van der Waals surface area contributed by atoms with Gasteiger partial charge in [-0.1, -0.05) is 0 Å². The number of carbonyl (C=O) groups excluding carboxylic acids is 1. The SMILES string of the molecule is COC(=O)C[C@H](O)c1cnco1. The molecule has 12 heavy (non-hydrogen) atoms. The fourth-order valence-corrected chi connectivity index (χ4v) is 0.732. The lowest BCUT2D eigenvalue weighted by Gasteiger charge is -2.03. The highest BCUT2D eigenvalue weighted by atomic mass is 16.5. The molecule has 0 aliphatic rings. The molecule has 0 saturated heterocycles. The molecule has 0 radical (unpaired) electrons. The maximum absolute atomic E-state index is 10.7. The van der Waals surface area contributed by atoms with E-state index in [-0.39, 0.29) is 12.2 Å². The van der Waals surface area contributed by atoms with Crippen molar-refractivity contribution in [2.24, 2.45) is 0 Å². The zero-order valence-corrected chi connectivity index (χ0v) is 6.56. The lowest BCUT2D eigenvalue weighted by molar-refractivity contribution is -0.143. The average Bonchev–Trinajstić information content (AvgIpc) is 2.56. The van der Waals surface area contributed by atoms with Crippen molar-refractivity contribution in [3.05, 3.63) is 18.4 Å². The maximum atomic E-state index is 10.7. The van der Waals surface area contributed by atoms with E-state index in [2.05, 4.69) is 9.72 Å². The fraction of sp³-hybridized carbons (Fsp3) is 0.429. The Morgan fingerprint density at radius 3 is 3.17 bits per heavy atom. The van der Waals surface area contributed by atoms with Gasteiger partial charge in [-0.3, -0.25) is 4.79 Å². The first-order valence-corrected chi connectivity index (χ1v) is 3.37. The lowest BCUT2D eigenvalue weighted by Crippen LogP contribution is -2.07. The van der Waals surface area contributed by atoms with Gasteiger partial charge in [-0.15, -0.1) is 0 Å². The number of ether oxygens (including phenoxy) is 1. The molecule has 0 aliphatic heterocycles. The number of carbonyl (C=O) groups is 1. The molecule has 5 nitrogen and oxygen atoms in total. The second-order valence-electron chi connectivity index (χ2n) is 2.20. The van der Waals surface area contributed by atoms with Crippen LogP contribution in [0.1, 0.15) is 18.3 Å². The highest BCUT2D eigenvalue weighted by molar-refractivity contribution is 5.69. The summed E-state index contributed by atoms with van der Waals surface area (Å²) in [4.78, 5) is 14.3. The zero-order valence-electron chi connectivity index (χ0n) is 6.56. The van der Waals surface area contributed by atoms with E-state index in [1.165, 1.54) is 19.7 Å². The molecule has 1 N–H and O–H groups in total. The summed E-state index contributed by atoms with van der Waals surface area (Å²) in [5.41, 5.74) is 0. The highest BCUT2D eigenvalue weighted by Gasteiger charge is 2.15. The van der Waals surface area contributed by atoms with Crippen LogP contribution >= 0.6 is 0 Å². The monoisotopic (exact) mass is 171 g/mol. The van der Waals surface area contributed by atoms with Crippen molar-refractivity contribution in [3.8, 4) is 0 Å². The summed E-state index contributed by atoms with van der Waals surface area (Å²) in [6.45, 7) is 0. The molecule has 0 fully saturated rings. The number of nitrogens with zero attached hydrogens (tertiary/aromatic N) is 1. The molecule has 0 saturated carbocycles. The molecular formula is C7H9NO4. The molecule has 0 amide bonds. The van der Waals surface area contributed by atoms with E-state index in [1.54, 1.807) is 0 Å². The van der Waals surface area contributed by atoms with Crippen LogP contribution in [0.5, 0.6) is 0 Å². The molecule has 1 heterocycles. The van der Waals surface area contributed by atoms with E-state index in [0.29, 0.717) is 0 Å². The van der Waals surface area contributed by atoms with Gasteiger partial charge in [-0.25, -0.2) is 4.98 Å². The molecule has 5 heteroatoms. The third kappa shape index (κ3) is 2.06. The van der Waals surface area contributed by atoms with E-state index in [0.717, 1.165) is 0 Å². The van der Waals surface area contributed by atoms with Crippen LogP contribution in [-0.2, 0) is 9.53 Å². The predicted octanol–water partition coefficient (Wildman–Crippen LogP) is 0.271. The van der Waals surface area contributed by atoms with Gasteiger partial charge in [0.1, 0.15) is 6.10 Å². The van der Waals surface area contributed by atoms with Gasteiger partial charge in [-0.05, 0) is 0 Å². The van der Waals surface area contributed by atoms with Crippen LogP contribution in [0.15, 0.2) is 17.0 Å². The topological polar surface area (TPSA) is 72.6 Å². The number of hydrogen-bond donors (Lipinski definition) is 1. The minimum absolute atomic E-state index is 0.119. The van der Waals surface area contributed by atoms with Crippen LogP contribution in [0.3, 0.4) is 0 Å². The number of rotatable bonds is 3.